The van der Waals surface area contributed by atoms with Crippen LogP contribution in [0, 0.1) is 11.6 Å². The maximum absolute atomic E-state index is 13.1. The van der Waals surface area contributed by atoms with Crippen LogP contribution in [-0.4, -0.2) is 13.4 Å². The van der Waals surface area contributed by atoms with Crippen molar-refractivity contribution in [1.82, 2.24) is 4.98 Å². The van der Waals surface area contributed by atoms with Crippen molar-refractivity contribution in [3.05, 3.63) is 53.9 Å². The van der Waals surface area contributed by atoms with E-state index in [0.717, 1.165) is 18.3 Å². The third-order valence-electron chi connectivity index (χ3n) is 2.46. The average Bonchev–Trinajstić information content (AvgIpc) is 2.37. The zero-order valence-electron chi connectivity index (χ0n) is 9.68. The van der Waals surface area contributed by atoms with E-state index in [4.69, 9.17) is 5.73 Å². The lowest BCUT2D eigenvalue weighted by molar-refractivity contribution is 0.567. The molecule has 7 heteroatoms. The molecule has 0 saturated heterocycles. The highest BCUT2D eigenvalue weighted by Gasteiger charge is 2.19. The number of benzene rings is 1. The Morgan fingerprint density at radius 3 is 2.16 bits per heavy atom. The fraction of sp³-hybridized carbons (Fsp3) is 0.0833. The predicted octanol–water partition coefficient (Wildman–Crippen LogP) is 1.65. The minimum Gasteiger partial charge on any atom is -0.325 e. The fourth-order valence-electron chi connectivity index (χ4n) is 1.51. The third kappa shape index (κ3) is 2.77. The van der Waals surface area contributed by atoms with Crippen LogP contribution >= 0.6 is 0 Å². The summed E-state index contributed by atoms with van der Waals surface area (Å²) >= 11 is 0. The first-order chi connectivity index (χ1) is 8.93. The molecule has 2 rings (SSSR count). The van der Waals surface area contributed by atoms with Crippen molar-refractivity contribution in [3.63, 3.8) is 0 Å². The van der Waals surface area contributed by atoms with Gasteiger partial charge < -0.3 is 5.73 Å². The van der Waals surface area contributed by atoms with E-state index in [1.807, 2.05) is 0 Å². The molecule has 0 spiro atoms. The summed E-state index contributed by atoms with van der Waals surface area (Å²) in [5.41, 5.74) is 5.87. The van der Waals surface area contributed by atoms with Crippen LogP contribution in [0.15, 0.2) is 46.3 Å². The summed E-state index contributed by atoms with van der Waals surface area (Å²) in [5.74, 6) is -1.91. The Labute approximate surface area is 108 Å². The molecule has 0 saturated carbocycles. The number of nitrogens with zero attached hydrogens (tertiary/aromatic N) is 1. The second-order valence-electron chi connectivity index (χ2n) is 3.80. The molecule has 0 radical (unpaired) electrons. The van der Waals surface area contributed by atoms with E-state index in [-0.39, 0.29) is 11.4 Å². The monoisotopic (exact) mass is 284 g/mol. The van der Waals surface area contributed by atoms with Gasteiger partial charge in [0.05, 0.1) is 15.5 Å². The summed E-state index contributed by atoms with van der Waals surface area (Å²) < 4.78 is 50.4. The highest BCUT2D eigenvalue weighted by atomic mass is 32.2. The van der Waals surface area contributed by atoms with Gasteiger partial charge in [-0.05, 0) is 24.3 Å². The molecule has 1 aromatic heterocycles. The number of sulfone groups is 1. The van der Waals surface area contributed by atoms with Crippen molar-refractivity contribution in [2.75, 3.05) is 0 Å². The van der Waals surface area contributed by atoms with E-state index in [2.05, 4.69) is 4.98 Å². The van der Waals surface area contributed by atoms with Crippen molar-refractivity contribution in [2.24, 2.45) is 5.73 Å². The number of hydrogen-bond acceptors (Lipinski definition) is 4. The van der Waals surface area contributed by atoms with Crippen molar-refractivity contribution in [3.8, 4) is 0 Å². The molecule has 0 bridgehead atoms. The summed E-state index contributed by atoms with van der Waals surface area (Å²) in [5, 5.41) is 0. The highest BCUT2D eigenvalue weighted by molar-refractivity contribution is 7.91. The van der Waals surface area contributed by atoms with Gasteiger partial charge in [-0.1, -0.05) is 0 Å². The van der Waals surface area contributed by atoms with Crippen LogP contribution in [0.1, 0.15) is 5.69 Å². The average molecular weight is 284 g/mol. The summed E-state index contributed by atoms with van der Waals surface area (Å²) in [6.07, 6.45) is 1.11. The second-order valence-corrected chi connectivity index (χ2v) is 5.75. The van der Waals surface area contributed by atoms with Crippen LogP contribution in [0.5, 0.6) is 0 Å². The minimum atomic E-state index is -3.99. The second kappa shape index (κ2) is 5.02. The van der Waals surface area contributed by atoms with E-state index in [0.29, 0.717) is 11.8 Å². The topological polar surface area (TPSA) is 73.1 Å². The molecular weight excluding hydrogens is 274 g/mol. The van der Waals surface area contributed by atoms with Crippen LogP contribution in [0.2, 0.25) is 0 Å². The summed E-state index contributed by atoms with van der Waals surface area (Å²) in [6, 6.07) is 4.87. The first-order valence-corrected chi connectivity index (χ1v) is 6.78. The lowest BCUT2D eigenvalue weighted by atomic mass is 10.3. The van der Waals surface area contributed by atoms with Gasteiger partial charge in [0.2, 0.25) is 9.84 Å². The standard InChI is InChI=1S/C12H10F2N2O2S/c13-8-3-9(14)5-12(4-8)19(17,18)11-2-1-10(6-15)16-7-11/h1-5,7H,6,15H2. The molecule has 0 unspecified atom stereocenters. The van der Waals surface area contributed by atoms with E-state index in [9.17, 15) is 17.2 Å². The minimum absolute atomic E-state index is 0.144. The largest absolute Gasteiger partial charge is 0.325 e. The third-order valence-corrected chi connectivity index (χ3v) is 4.18. The molecule has 0 aliphatic carbocycles. The number of aromatic nitrogens is 1. The van der Waals surface area contributed by atoms with Crippen LogP contribution in [-0.2, 0) is 16.4 Å². The summed E-state index contributed by atoms with van der Waals surface area (Å²) in [6.45, 7) is 0.176. The van der Waals surface area contributed by atoms with Crippen molar-refractivity contribution in [1.29, 1.82) is 0 Å². The van der Waals surface area contributed by atoms with Crippen molar-refractivity contribution >= 4 is 9.84 Å². The number of halogens is 2. The van der Waals surface area contributed by atoms with Gasteiger partial charge in [-0.25, -0.2) is 17.2 Å². The SMILES string of the molecule is NCc1ccc(S(=O)(=O)c2cc(F)cc(F)c2)cn1. The molecule has 0 amide bonds. The maximum Gasteiger partial charge on any atom is 0.208 e. The van der Waals surface area contributed by atoms with Gasteiger partial charge in [0.25, 0.3) is 0 Å². The lowest BCUT2D eigenvalue weighted by Crippen LogP contribution is -2.05. The number of nitrogens with two attached hydrogens (primary N) is 1. The van der Waals surface area contributed by atoms with Gasteiger partial charge in [-0.3, -0.25) is 4.98 Å². The Hall–Kier alpha value is -1.86. The smallest absolute Gasteiger partial charge is 0.208 e. The molecule has 0 aliphatic heterocycles. The number of hydrogen-bond donors (Lipinski definition) is 1. The van der Waals surface area contributed by atoms with E-state index in [1.54, 1.807) is 0 Å². The summed E-state index contributed by atoms with van der Waals surface area (Å²) in [7, 11) is -3.99. The molecule has 1 heterocycles. The highest BCUT2D eigenvalue weighted by Crippen LogP contribution is 2.22. The number of rotatable bonds is 3. The zero-order chi connectivity index (χ0) is 14.0. The first kappa shape index (κ1) is 13.6. The molecule has 2 N–H and O–H groups in total. The van der Waals surface area contributed by atoms with Crippen LogP contribution in [0.3, 0.4) is 0 Å². The molecule has 100 valence electrons. The van der Waals surface area contributed by atoms with Gasteiger partial charge in [0.15, 0.2) is 0 Å². The molecule has 2 aromatic rings. The normalized spacial score (nSPS) is 11.5. The Morgan fingerprint density at radius 1 is 1.05 bits per heavy atom. The van der Waals surface area contributed by atoms with E-state index in [1.165, 1.54) is 12.1 Å². The van der Waals surface area contributed by atoms with Gasteiger partial charge in [-0.15, -0.1) is 0 Å². The van der Waals surface area contributed by atoms with Gasteiger partial charge in [-0.2, -0.15) is 0 Å². The Bertz CT molecular complexity index is 680. The predicted molar refractivity (Wildman–Crippen MR) is 63.9 cm³/mol. The molecule has 1 aromatic carbocycles. The van der Waals surface area contributed by atoms with Crippen molar-refractivity contribution in [2.45, 2.75) is 16.3 Å². The maximum atomic E-state index is 13.1. The lowest BCUT2D eigenvalue weighted by Gasteiger charge is -2.05. The number of pyridine rings is 1. The molecule has 0 aliphatic rings. The molecule has 0 atom stereocenters. The van der Waals surface area contributed by atoms with Crippen molar-refractivity contribution < 1.29 is 17.2 Å². The quantitative estimate of drug-likeness (QED) is 0.930. The zero-order valence-corrected chi connectivity index (χ0v) is 10.5. The Balaban J connectivity index is 2.51. The van der Waals surface area contributed by atoms with Crippen LogP contribution < -0.4 is 5.73 Å². The van der Waals surface area contributed by atoms with Gasteiger partial charge in [0, 0.05) is 18.8 Å². The first-order valence-electron chi connectivity index (χ1n) is 5.29. The molecule has 4 nitrogen and oxygen atoms in total. The molecular formula is C12H10F2N2O2S. The van der Waals surface area contributed by atoms with Crippen LogP contribution in [0.25, 0.3) is 0 Å². The Morgan fingerprint density at radius 2 is 1.68 bits per heavy atom. The van der Waals surface area contributed by atoms with Crippen LogP contribution in [0.4, 0.5) is 8.78 Å². The molecule has 19 heavy (non-hydrogen) atoms. The van der Waals surface area contributed by atoms with Gasteiger partial charge >= 0.3 is 0 Å². The van der Waals surface area contributed by atoms with E-state index < -0.39 is 26.4 Å². The fourth-order valence-corrected chi connectivity index (χ4v) is 2.76. The molecule has 0 fully saturated rings. The Kier molecular flexibility index (Phi) is 3.59. The van der Waals surface area contributed by atoms with Gasteiger partial charge in [0.1, 0.15) is 11.6 Å². The van der Waals surface area contributed by atoms with E-state index >= 15 is 0 Å². The summed E-state index contributed by atoms with van der Waals surface area (Å²) in [4.78, 5) is 3.25.